The molecule has 0 aliphatic rings. The molecule has 0 atom stereocenters. The van der Waals surface area contributed by atoms with Crippen LogP contribution in [0.15, 0.2) is 48.5 Å². The third kappa shape index (κ3) is 8.13. The Morgan fingerprint density at radius 1 is 0.966 bits per heavy atom. The number of ether oxygens (including phenoxy) is 4. The topological polar surface area (TPSA) is 83.1 Å². The second-order valence-corrected chi connectivity index (χ2v) is 6.22. The molecular weight excluding hydrogens is 374 g/mol. The van der Waals surface area contributed by atoms with Crippen LogP contribution in [0.2, 0.25) is 0 Å². The molecule has 0 aliphatic carbocycles. The summed E-state index contributed by atoms with van der Waals surface area (Å²) in [5.41, 5.74) is 0.998. The molecule has 0 saturated carbocycles. The molecule has 0 radical (unpaired) electrons. The van der Waals surface area contributed by atoms with Crippen LogP contribution in [-0.4, -0.2) is 45.9 Å². The zero-order chi connectivity index (χ0) is 20.9. The van der Waals surface area contributed by atoms with Crippen molar-refractivity contribution in [3.8, 4) is 17.2 Å². The number of para-hydroxylation sites is 1. The average molecular weight is 401 g/mol. The Morgan fingerprint density at radius 3 is 2.45 bits per heavy atom. The number of amides is 1. The molecule has 0 heterocycles. The maximum absolute atomic E-state index is 11.8. The fraction of sp³-hybridized carbons (Fsp3) is 0.364. The quantitative estimate of drug-likeness (QED) is 0.435. The van der Waals surface area contributed by atoms with Crippen molar-refractivity contribution in [2.75, 3.05) is 34.0 Å². The van der Waals surface area contributed by atoms with Gasteiger partial charge in [-0.15, -0.1) is 0 Å². The Balaban J connectivity index is 1.57. The monoisotopic (exact) mass is 401 g/mol. The molecule has 2 aromatic carbocycles. The first kappa shape index (κ1) is 22.1. The first-order valence-corrected chi connectivity index (χ1v) is 9.43. The van der Waals surface area contributed by atoms with Gasteiger partial charge in [-0.05, 0) is 42.7 Å². The summed E-state index contributed by atoms with van der Waals surface area (Å²) in [6.45, 7) is 0.553. The highest BCUT2D eigenvalue weighted by Gasteiger charge is 2.08. The van der Waals surface area contributed by atoms with Crippen molar-refractivity contribution in [3.63, 3.8) is 0 Å². The van der Waals surface area contributed by atoms with Crippen LogP contribution in [0.3, 0.4) is 0 Å². The van der Waals surface area contributed by atoms with E-state index in [2.05, 4.69) is 5.32 Å². The zero-order valence-electron chi connectivity index (χ0n) is 16.8. The minimum absolute atomic E-state index is 0.200. The van der Waals surface area contributed by atoms with E-state index in [1.807, 2.05) is 48.5 Å². The summed E-state index contributed by atoms with van der Waals surface area (Å²) >= 11 is 0. The fourth-order valence-electron chi connectivity index (χ4n) is 2.57. The van der Waals surface area contributed by atoms with E-state index >= 15 is 0 Å². The number of rotatable bonds is 12. The van der Waals surface area contributed by atoms with E-state index < -0.39 is 5.97 Å². The molecule has 1 N–H and O–H groups in total. The summed E-state index contributed by atoms with van der Waals surface area (Å²) in [7, 11) is 3.15. The number of benzene rings is 2. The lowest BCUT2D eigenvalue weighted by molar-refractivity contribution is -0.148. The van der Waals surface area contributed by atoms with Gasteiger partial charge in [-0.3, -0.25) is 9.59 Å². The van der Waals surface area contributed by atoms with E-state index in [0.717, 1.165) is 11.3 Å². The maximum atomic E-state index is 11.8. The SMILES string of the molecule is COc1ccc(CCNC(=O)COC(=O)CCCOc2ccccc2)cc1OC. The highest BCUT2D eigenvalue weighted by Crippen LogP contribution is 2.27. The van der Waals surface area contributed by atoms with Crippen molar-refractivity contribution in [1.82, 2.24) is 5.32 Å². The summed E-state index contributed by atoms with van der Waals surface area (Å²) in [6, 6.07) is 15.0. The molecule has 29 heavy (non-hydrogen) atoms. The van der Waals surface area contributed by atoms with Crippen LogP contribution in [-0.2, 0) is 20.7 Å². The largest absolute Gasteiger partial charge is 0.494 e. The summed E-state index contributed by atoms with van der Waals surface area (Å²) < 4.78 is 20.9. The number of methoxy groups -OCH3 is 2. The highest BCUT2D eigenvalue weighted by molar-refractivity contribution is 5.80. The Bertz CT molecular complexity index is 778. The molecule has 0 aromatic heterocycles. The van der Waals surface area contributed by atoms with E-state index in [9.17, 15) is 9.59 Å². The van der Waals surface area contributed by atoms with Crippen molar-refractivity contribution in [1.29, 1.82) is 0 Å². The molecule has 0 aliphatic heterocycles. The predicted molar refractivity (Wildman–Crippen MR) is 108 cm³/mol. The van der Waals surface area contributed by atoms with Gasteiger partial charge in [-0.25, -0.2) is 0 Å². The van der Waals surface area contributed by atoms with Gasteiger partial charge in [0.15, 0.2) is 18.1 Å². The van der Waals surface area contributed by atoms with Crippen molar-refractivity contribution >= 4 is 11.9 Å². The number of nitrogens with one attached hydrogen (secondary N) is 1. The van der Waals surface area contributed by atoms with Crippen molar-refractivity contribution in [2.24, 2.45) is 0 Å². The van der Waals surface area contributed by atoms with Crippen LogP contribution in [0.4, 0.5) is 0 Å². The predicted octanol–water partition coefficient (Wildman–Crippen LogP) is 2.76. The van der Waals surface area contributed by atoms with Crippen molar-refractivity contribution in [3.05, 3.63) is 54.1 Å². The van der Waals surface area contributed by atoms with Gasteiger partial charge >= 0.3 is 5.97 Å². The van der Waals surface area contributed by atoms with E-state index in [1.54, 1.807) is 14.2 Å². The van der Waals surface area contributed by atoms with Crippen LogP contribution < -0.4 is 19.5 Å². The number of hydrogen-bond donors (Lipinski definition) is 1. The Morgan fingerprint density at radius 2 is 1.72 bits per heavy atom. The molecule has 0 fully saturated rings. The van der Waals surface area contributed by atoms with E-state index in [0.29, 0.717) is 37.5 Å². The van der Waals surface area contributed by atoms with Gasteiger partial charge in [0, 0.05) is 13.0 Å². The number of carbonyl (C=O) groups excluding carboxylic acids is 2. The third-order valence-corrected chi connectivity index (χ3v) is 4.09. The molecule has 156 valence electrons. The molecule has 7 heteroatoms. The molecule has 1 amide bonds. The minimum Gasteiger partial charge on any atom is -0.494 e. The van der Waals surface area contributed by atoms with Crippen LogP contribution in [0.25, 0.3) is 0 Å². The molecule has 2 aromatic rings. The van der Waals surface area contributed by atoms with Gasteiger partial charge in [0.25, 0.3) is 5.91 Å². The summed E-state index contributed by atoms with van der Waals surface area (Å²) in [4.78, 5) is 23.5. The van der Waals surface area contributed by atoms with Gasteiger partial charge in [0.1, 0.15) is 5.75 Å². The third-order valence-electron chi connectivity index (χ3n) is 4.09. The normalized spacial score (nSPS) is 10.1. The fourth-order valence-corrected chi connectivity index (χ4v) is 2.57. The maximum Gasteiger partial charge on any atom is 0.306 e. The lowest BCUT2D eigenvalue weighted by Crippen LogP contribution is -2.30. The molecule has 0 spiro atoms. The molecule has 0 unspecified atom stereocenters. The van der Waals surface area contributed by atoms with Crippen LogP contribution in [0, 0.1) is 0 Å². The standard InChI is InChI=1S/C22H27NO6/c1-26-19-11-10-17(15-20(19)27-2)12-13-23-21(24)16-29-22(25)9-6-14-28-18-7-4-3-5-8-18/h3-5,7-8,10-11,15H,6,9,12-14,16H2,1-2H3,(H,23,24). The smallest absolute Gasteiger partial charge is 0.306 e. The van der Waals surface area contributed by atoms with Crippen molar-refractivity contribution < 1.29 is 28.5 Å². The Kier molecular flexibility index (Phi) is 9.35. The lowest BCUT2D eigenvalue weighted by atomic mass is 10.1. The molecular formula is C22H27NO6. The first-order valence-electron chi connectivity index (χ1n) is 9.43. The lowest BCUT2D eigenvalue weighted by Gasteiger charge is -2.10. The second kappa shape index (κ2) is 12.3. The Hall–Kier alpha value is -3.22. The van der Waals surface area contributed by atoms with Gasteiger partial charge in [0.2, 0.25) is 0 Å². The zero-order valence-corrected chi connectivity index (χ0v) is 16.8. The van der Waals surface area contributed by atoms with Crippen LogP contribution in [0.5, 0.6) is 17.2 Å². The Labute approximate surface area is 170 Å². The highest BCUT2D eigenvalue weighted by atomic mass is 16.5. The number of carbonyl (C=O) groups is 2. The van der Waals surface area contributed by atoms with Crippen LogP contribution >= 0.6 is 0 Å². The van der Waals surface area contributed by atoms with Gasteiger partial charge in [-0.1, -0.05) is 24.3 Å². The second-order valence-electron chi connectivity index (χ2n) is 6.22. The van der Waals surface area contributed by atoms with Gasteiger partial charge < -0.3 is 24.3 Å². The minimum atomic E-state index is -0.420. The van der Waals surface area contributed by atoms with E-state index in [-0.39, 0.29) is 18.9 Å². The van der Waals surface area contributed by atoms with Gasteiger partial charge in [-0.2, -0.15) is 0 Å². The average Bonchev–Trinajstić information content (AvgIpc) is 2.76. The molecule has 2 rings (SSSR count). The number of hydrogen-bond acceptors (Lipinski definition) is 6. The molecule has 0 bridgehead atoms. The van der Waals surface area contributed by atoms with E-state index in [1.165, 1.54) is 0 Å². The van der Waals surface area contributed by atoms with E-state index in [4.69, 9.17) is 18.9 Å². The summed E-state index contributed by atoms with van der Waals surface area (Å²) in [6.07, 6.45) is 1.34. The molecule has 7 nitrogen and oxygen atoms in total. The van der Waals surface area contributed by atoms with Crippen molar-refractivity contribution in [2.45, 2.75) is 19.3 Å². The number of esters is 1. The molecule has 0 saturated heterocycles. The summed E-state index contributed by atoms with van der Waals surface area (Å²) in [5.74, 6) is 1.30. The summed E-state index contributed by atoms with van der Waals surface area (Å²) in [5, 5.41) is 2.73. The first-order chi connectivity index (χ1) is 14.1. The van der Waals surface area contributed by atoms with Gasteiger partial charge in [0.05, 0.1) is 20.8 Å². The van der Waals surface area contributed by atoms with Crippen LogP contribution in [0.1, 0.15) is 18.4 Å².